The van der Waals surface area contributed by atoms with Crippen LogP contribution in [0, 0.1) is 22.7 Å². The summed E-state index contributed by atoms with van der Waals surface area (Å²) in [6.07, 6.45) is 5.32. The topological polar surface area (TPSA) is 74.3 Å². The Balaban J connectivity index is 1.74. The summed E-state index contributed by atoms with van der Waals surface area (Å²) in [6.45, 7) is 14.6. The van der Waals surface area contributed by atoms with Gasteiger partial charge in [-0.15, -0.1) is 0 Å². The fourth-order valence-corrected chi connectivity index (χ4v) is 10.4. The minimum absolute atomic E-state index is 0.0837. The van der Waals surface area contributed by atoms with Crippen molar-refractivity contribution < 1.29 is 28.2 Å². The lowest BCUT2D eigenvalue weighted by Gasteiger charge is -2.69. The van der Waals surface area contributed by atoms with Crippen molar-refractivity contribution in [3.05, 3.63) is 0 Å². The lowest BCUT2D eigenvalue weighted by molar-refractivity contribution is -0.263. The van der Waals surface area contributed by atoms with E-state index in [4.69, 9.17) is 18.6 Å². The molecule has 2 heterocycles. The quantitative estimate of drug-likeness (QED) is 0.426. The molecule has 7 nitrogen and oxygen atoms in total. The highest BCUT2D eigenvalue weighted by Gasteiger charge is 2.78. The molecule has 8 heteroatoms. The normalized spacial score (nSPS) is 41.7. The lowest BCUT2D eigenvalue weighted by Crippen LogP contribution is -2.78. The molecular formula is C26H43NO6Si. The zero-order valence-corrected chi connectivity index (χ0v) is 22.7. The second kappa shape index (κ2) is 8.37. The molecule has 0 amide bonds. The molecule has 0 unspecified atom stereocenters. The molecule has 192 valence electrons. The van der Waals surface area contributed by atoms with E-state index in [1.54, 1.807) is 0 Å². The van der Waals surface area contributed by atoms with Gasteiger partial charge in [-0.05, 0) is 64.7 Å². The van der Waals surface area contributed by atoms with Crippen LogP contribution in [0.4, 0.5) is 0 Å². The molecule has 0 aromatic heterocycles. The fourth-order valence-electron chi connectivity index (χ4n) is 8.82. The molecule has 0 radical (unpaired) electrons. The minimum atomic E-state index is -2.11. The van der Waals surface area contributed by atoms with Crippen LogP contribution in [0.15, 0.2) is 0 Å². The summed E-state index contributed by atoms with van der Waals surface area (Å²) in [5.41, 5.74) is -1.75. The average molecular weight is 494 g/mol. The van der Waals surface area contributed by atoms with Crippen molar-refractivity contribution in [3.8, 4) is 0 Å². The Kier molecular flexibility index (Phi) is 6.12. The summed E-state index contributed by atoms with van der Waals surface area (Å²) in [7, 11) is -2.11. The van der Waals surface area contributed by atoms with E-state index >= 15 is 0 Å². The number of carbonyl (C=O) groups is 2. The van der Waals surface area contributed by atoms with Gasteiger partial charge in [-0.1, -0.05) is 13.3 Å². The van der Waals surface area contributed by atoms with Crippen LogP contribution in [-0.4, -0.2) is 75.8 Å². The Labute approximate surface area is 205 Å². The maximum absolute atomic E-state index is 14.0. The summed E-state index contributed by atoms with van der Waals surface area (Å²) in [4.78, 5) is 30.4. The highest BCUT2D eigenvalue weighted by Crippen LogP contribution is 2.71. The van der Waals surface area contributed by atoms with Gasteiger partial charge in [-0.25, -0.2) is 0 Å². The Bertz CT molecular complexity index is 838. The number of ketones is 1. The van der Waals surface area contributed by atoms with Crippen LogP contribution in [0.5, 0.6) is 0 Å². The summed E-state index contributed by atoms with van der Waals surface area (Å²) >= 11 is 0. The monoisotopic (exact) mass is 493 g/mol. The average Bonchev–Trinajstić information content (AvgIpc) is 3.36. The van der Waals surface area contributed by atoms with E-state index in [0.29, 0.717) is 39.2 Å². The smallest absolute Gasteiger partial charge is 0.316 e. The van der Waals surface area contributed by atoms with Crippen LogP contribution in [0.25, 0.3) is 0 Å². The van der Waals surface area contributed by atoms with Gasteiger partial charge < -0.3 is 23.5 Å². The van der Waals surface area contributed by atoms with Crippen LogP contribution in [0.2, 0.25) is 19.6 Å². The molecule has 5 atom stereocenters. The van der Waals surface area contributed by atoms with Gasteiger partial charge in [0.1, 0.15) is 11.2 Å². The van der Waals surface area contributed by atoms with Gasteiger partial charge in [-0.3, -0.25) is 9.59 Å². The number of Topliss-reactive ketones (excluding diaryl/α,β-unsaturated/α-hetero) is 1. The first-order chi connectivity index (χ1) is 16.1. The van der Waals surface area contributed by atoms with Gasteiger partial charge >= 0.3 is 5.97 Å². The molecule has 34 heavy (non-hydrogen) atoms. The number of fused-ring (bicyclic) bond motifs is 2. The van der Waals surface area contributed by atoms with Gasteiger partial charge in [0, 0.05) is 31.3 Å². The largest absolute Gasteiger partial charge is 0.465 e. The number of ether oxygens (including phenoxy) is 3. The van der Waals surface area contributed by atoms with Crippen molar-refractivity contribution in [1.29, 1.82) is 0 Å². The molecule has 5 aliphatic rings. The summed E-state index contributed by atoms with van der Waals surface area (Å²) in [5.74, 6) is -0.872. The van der Waals surface area contributed by atoms with Crippen molar-refractivity contribution in [3.63, 3.8) is 0 Å². The number of carbonyl (C=O) groups excluding carboxylic acids is 2. The van der Waals surface area contributed by atoms with Gasteiger partial charge in [0.2, 0.25) is 0 Å². The van der Waals surface area contributed by atoms with Crippen LogP contribution in [0.1, 0.15) is 58.8 Å². The van der Waals surface area contributed by atoms with Crippen molar-refractivity contribution >= 4 is 20.1 Å². The second-order valence-electron chi connectivity index (χ2n) is 12.3. The van der Waals surface area contributed by atoms with Gasteiger partial charge in [0.25, 0.3) is 0 Å². The molecule has 2 bridgehead atoms. The molecule has 2 saturated heterocycles. The van der Waals surface area contributed by atoms with E-state index in [-0.39, 0.29) is 29.0 Å². The highest BCUT2D eigenvalue weighted by molar-refractivity contribution is 6.69. The predicted molar refractivity (Wildman–Crippen MR) is 130 cm³/mol. The standard InChI is InChI=1S/C26H43NO6Si/c1-6-27-17-23-11-8-12-24(18-27,22(29)30-7-2)26(23,33-34(3,4)5)14-10-20(28)21-19(23)9-13-25(21)31-15-16-32-25/h19,21H,6-18H2,1-5H3/t19-,21-,23-,24+,26-/m1/s1. The van der Waals surface area contributed by atoms with Gasteiger partial charge in [0.05, 0.1) is 31.3 Å². The van der Waals surface area contributed by atoms with E-state index in [9.17, 15) is 9.59 Å². The number of hydrogen-bond donors (Lipinski definition) is 0. The van der Waals surface area contributed by atoms with E-state index in [2.05, 4.69) is 31.5 Å². The van der Waals surface area contributed by atoms with Crippen molar-refractivity contribution in [1.82, 2.24) is 4.90 Å². The van der Waals surface area contributed by atoms with Gasteiger partial charge in [-0.2, -0.15) is 0 Å². The first-order valence-electron chi connectivity index (χ1n) is 13.5. The fraction of sp³-hybridized carbons (Fsp3) is 0.923. The number of piperidine rings is 1. The molecule has 5 fully saturated rings. The first kappa shape index (κ1) is 24.9. The lowest BCUT2D eigenvalue weighted by atomic mass is 9.44. The maximum Gasteiger partial charge on any atom is 0.316 e. The summed E-state index contributed by atoms with van der Waals surface area (Å²) in [5, 5.41) is 0. The van der Waals surface area contributed by atoms with E-state index in [0.717, 1.165) is 45.2 Å². The molecule has 1 spiro atoms. The molecular weight excluding hydrogens is 450 g/mol. The van der Waals surface area contributed by atoms with E-state index in [1.165, 1.54) is 0 Å². The third-order valence-corrected chi connectivity index (χ3v) is 10.6. The third kappa shape index (κ3) is 3.28. The van der Waals surface area contributed by atoms with Crippen LogP contribution in [-0.2, 0) is 28.2 Å². The Morgan fingerprint density at radius 2 is 1.82 bits per heavy atom. The molecule has 3 aliphatic carbocycles. The molecule has 0 aromatic rings. The molecule has 3 saturated carbocycles. The highest BCUT2D eigenvalue weighted by atomic mass is 28.4. The third-order valence-electron chi connectivity index (χ3n) is 9.63. The molecule has 5 rings (SSSR count). The van der Waals surface area contributed by atoms with Gasteiger partial charge in [0.15, 0.2) is 14.1 Å². The van der Waals surface area contributed by atoms with Crippen LogP contribution >= 0.6 is 0 Å². The SMILES string of the molecule is CCOC(=O)[C@]12CCC[C@@]3(CN(CC)C1)[C@@H]1CCC4(OCCO4)[C@H]1C(=O)CC[C@]23O[Si](C)(C)C. The van der Waals surface area contributed by atoms with Crippen LogP contribution in [0.3, 0.4) is 0 Å². The zero-order chi connectivity index (χ0) is 24.4. The first-order valence-corrected chi connectivity index (χ1v) is 16.9. The summed E-state index contributed by atoms with van der Waals surface area (Å²) in [6, 6.07) is 0. The van der Waals surface area contributed by atoms with Crippen molar-refractivity contribution in [2.45, 2.75) is 89.8 Å². The Morgan fingerprint density at radius 1 is 1.09 bits per heavy atom. The number of hydrogen-bond acceptors (Lipinski definition) is 7. The molecule has 0 N–H and O–H groups in total. The second-order valence-corrected chi connectivity index (χ2v) is 16.7. The molecule has 0 aromatic carbocycles. The Morgan fingerprint density at radius 3 is 2.47 bits per heavy atom. The zero-order valence-electron chi connectivity index (χ0n) is 21.7. The van der Waals surface area contributed by atoms with Crippen molar-refractivity contribution in [2.24, 2.45) is 22.7 Å². The number of nitrogens with zero attached hydrogens (tertiary/aromatic N) is 1. The number of likely N-dealkylation sites (tertiary alicyclic amines) is 1. The predicted octanol–water partition coefficient (Wildman–Crippen LogP) is 3.76. The van der Waals surface area contributed by atoms with Crippen LogP contribution < -0.4 is 0 Å². The number of esters is 1. The molecule has 2 aliphatic heterocycles. The Hall–Kier alpha value is -0.803. The maximum atomic E-state index is 14.0. The number of rotatable bonds is 5. The minimum Gasteiger partial charge on any atom is -0.465 e. The van der Waals surface area contributed by atoms with E-state index < -0.39 is 25.1 Å². The van der Waals surface area contributed by atoms with Crippen molar-refractivity contribution in [2.75, 3.05) is 39.5 Å². The summed E-state index contributed by atoms with van der Waals surface area (Å²) < 4.78 is 25.7. The van der Waals surface area contributed by atoms with E-state index in [1.807, 2.05) is 6.92 Å².